The van der Waals surface area contributed by atoms with Gasteiger partial charge >= 0.3 is 8.80 Å². The molecular weight excluding hydrogens is 280 g/mol. The lowest BCUT2D eigenvalue weighted by Gasteiger charge is -2.26. The first kappa shape index (κ1) is 21.1. The van der Waals surface area contributed by atoms with Gasteiger partial charge in [0.25, 0.3) is 0 Å². The van der Waals surface area contributed by atoms with Crippen LogP contribution in [0.15, 0.2) is 0 Å². The van der Waals surface area contributed by atoms with Gasteiger partial charge < -0.3 is 13.3 Å². The second kappa shape index (κ2) is 13.7. The van der Waals surface area contributed by atoms with E-state index in [9.17, 15) is 0 Å². The Bertz CT molecular complexity index is 220. The highest BCUT2D eigenvalue weighted by molar-refractivity contribution is 6.59. The van der Waals surface area contributed by atoms with E-state index in [4.69, 9.17) is 13.3 Å². The predicted molar refractivity (Wildman–Crippen MR) is 92.6 cm³/mol. The molecular formula is C17H38O3Si. The number of unbranched alkanes of at least 4 members (excludes halogenated alkanes) is 9. The smallest absolute Gasteiger partial charge is 0.377 e. The average Bonchev–Trinajstić information content (AvgIpc) is 2.49. The Labute approximate surface area is 134 Å². The van der Waals surface area contributed by atoms with Crippen LogP contribution < -0.4 is 0 Å². The van der Waals surface area contributed by atoms with E-state index >= 15 is 0 Å². The number of hydrogen-bond donors (Lipinski definition) is 0. The van der Waals surface area contributed by atoms with Gasteiger partial charge in [-0.05, 0) is 13.3 Å². The van der Waals surface area contributed by atoms with E-state index in [1.807, 2.05) is 6.55 Å². The van der Waals surface area contributed by atoms with Gasteiger partial charge in [-0.1, -0.05) is 71.1 Å². The Kier molecular flexibility index (Phi) is 13.8. The van der Waals surface area contributed by atoms with E-state index < -0.39 is 8.80 Å². The van der Waals surface area contributed by atoms with Crippen LogP contribution >= 0.6 is 0 Å². The maximum atomic E-state index is 5.91. The molecule has 0 aliphatic carbocycles. The predicted octanol–water partition coefficient (Wildman–Crippen LogP) is 5.56. The molecule has 128 valence electrons. The van der Waals surface area contributed by atoms with E-state index in [-0.39, 0.29) is 6.10 Å². The molecule has 21 heavy (non-hydrogen) atoms. The first-order valence-electron chi connectivity index (χ1n) is 8.86. The van der Waals surface area contributed by atoms with Crippen molar-refractivity contribution in [1.82, 2.24) is 0 Å². The van der Waals surface area contributed by atoms with Crippen LogP contribution in [-0.4, -0.2) is 29.1 Å². The van der Waals surface area contributed by atoms with Crippen molar-refractivity contribution in [2.75, 3.05) is 14.2 Å². The van der Waals surface area contributed by atoms with Crippen LogP contribution in [0.25, 0.3) is 0 Å². The minimum Gasteiger partial charge on any atom is -0.377 e. The molecule has 0 aliphatic rings. The summed E-state index contributed by atoms with van der Waals surface area (Å²) in [5.74, 6) is 0. The molecule has 0 heterocycles. The molecule has 0 rings (SSSR count). The van der Waals surface area contributed by atoms with Gasteiger partial charge in [0.05, 0.1) is 0 Å². The lowest BCUT2D eigenvalue weighted by atomic mass is 10.1. The zero-order valence-corrected chi connectivity index (χ0v) is 16.1. The Morgan fingerprint density at radius 3 is 1.62 bits per heavy atom. The van der Waals surface area contributed by atoms with Gasteiger partial charge in [0.2, 0.25) is 0 Å². The van der Waals surface area contributed by atoms with E-state index in [0.717, 1.165) is 6.42 Å². The first-order chi connectivity index (χ1) is 10.1. The van der Waals surface area contributed by atoms with Crippen molar-refractivity contribution < 1.29 is 13.3 Å². The fraction of sp³-hybridized carbons (Fsp3) is 1.00. The van der Waals surface area contributed by atoms with Gasteiger partial charge in [-0.25, -0.2) is 0 Å². The molecule has 0 fully saturated rings. The van der Waals surface area contributed by atoms with Gasteiger partial charge in [0.15, 0.2) is 0 Å². The van der Waals surface area contributed by atoms with Gasteiger partial charge in [-0.3, -0.25) is 0 Å². The van der Waals surface area contributed by atoms with Crippen LogP contribution in [0.2, 0.25) is 6.55 Å². The monoisotopic (exact) mass is 318 g/mol. The van der Waals surface area contributed by atoms with Crippen molar-refractivity contribution in [3.8, 4) is 0 Å². The Morgan fingerprint density at radius 1 is 0.762 bits per heavy atom. The van der Waals surface area contributed by atoms with Crippen molar-refractivity contribution in [3.05, 3.63) is 0 Å². The van der Waals surface area contributed by atoms with Crippen molar-refractivity contribution in [2.45, 2.75) is 97.1 Å². The summed E-state index contributed by atoms with van der Waals surface area (Å²) in [4.78, 5) is 0. The Balaban J connectivity index is 3.38. The van der Waals surface area contributed by atoms with Crippen LogP contribution in [0.4, 0.5) is 0 Å². The molecule has 0 spiro atoms. The van der Waals surface area contributed by atoms with Crippen molar-refractivity contribution in [2.24, 2.45) is 0 Å². The molecule has 1 atom stereocenters. The van der Waals surface area contributed by atoms with Gasteiger partial charge in [-0.15, -0.1) is 0 Å². The fourth-order valence-corrected chi connectivity index (χ4v) is 3.73. The van der Waals surface area contributed by atoms with E-state index in [0.29, 0.717) is 0 Å². The summed E-state index contributed by atoms with van der Waals surface area (Å²) in [5, 5.41) is 0. The third kappa shape index (κ3) is 12.3. The van der Waals surface area contributed by atoms with Crippen LogP contribution in [0.5, 0.6) is 0 Å². The van der Waals surface area contributed by atoms with Crippen LogP contribution in [0.1, 0.15) is 84.5 Å². The van der Waals surface area contributed by atoms with E-state index in [2.05, 4.69) is 13.8 Å². The molecule has 0 N–H and O–H groups in total. The number of hydrogen-bond acceptors (Lipinski definition) is 3. The molecule has 4 heteroatoms. The summed E-state index contributed by atoms with van der Waals surface area (Å²) in [6.45, 7) is 6.34. The van der Waals surface area contributed by atoms with Crippen LogP contribution in [-0.2, 0) is 13.3 Å². The zero-order chi connectivity index (χ0) is 16.0. The SMILES string of the molecule is CCCCCCCCCCCCC(C)O[Si](C)(OC)OC. The summed E-state index contributed by atoms with van der Waals surface area (Å²) >= 11 is 0. The highest BCUT2D eigenvalue weighted by atomic mass is 28.4. The largest absolute Gasteiger partial charge is 0.497 e. The third-order valence-electron chi connectivity index (χ3n) is 4.12. The lowest BCUT2D eigenvalue weighted by molar-refractivity contribution is 0.0641. The first-order valence-corrected chi connectivity index (χ1v) is 11.1. The summed E-state index contributed by atoms with van der Waals surface area (Å²) < 4.78 is 16.6. The van der Waals surface area contributed by atoms with Crippen LogP contribution in [0.3, 0.4) is 0 Å². The maximum absolute atomic E-state index is 5.91. The normalized spacial score (nSPS) is 13.6. The third-order valence-corrected chi connectivity index (χ3v) is 6.43. The lowest BCUT2D eigenvalue weighted by Crippen LogP contribution is -2.42. The molecule has 0 aromatic heterocycles. The topological polar surface area (TPSA) is 27.7 Å². The molecule has 1 unspecified atom stereocenters. The molecule has 0 aromatic carbocycles. The standard InChI is InChI=1S/C17H38O3Si/c1-6-7-8-9-10-11-12-13-14-15-16-17(2)20-21(5,18-3)19-4/h17H,6-16H2,1-5H3. The Hall–Kier alpha value is 0.0969. The minimum absolute atomic E-state index is 0.232. The molecule has 0 saturated heterocycles. The summed E-state index contributed by atoms with van der Waals surface area (Å²) in [6.07, 6.45) is 15.1. The number of rotatable bonds is 15. The summed E-state index contributed by atoms with van der Waals surface area (Å²) in [5.41, 5.74) is 0. The van der Waals surface area contributed by atoms with Crippen molar-refractivity contribution in [3.63, 3.8) is 0 Å². The Morgan fingerprint density at radius 2 is 1.19 bits per heavy atom. The van der Waals surface area contributed by atoms with Crippen molar-refractivity contribution in [1.29, 1.82) is 0 Å². The fourth-order valence-electron chi connectivity index (χ4n) is 2.52. The quantitative estimate of drug-likeness (QED) is 0.292. The second-order valence-corrected chi connectivity index (χ2v) is 8.95. The molecule has 0 saturated carbocycles. The minimum atomic E-state index is -2.36. The highest BCUT2D eigenvalue weighted by Crippen LogP contribution is 2.16. The molecule has 3 nitrogen and oxygen atoms in total. The molecule has 0 aromatic rings. The second-order valence-electron chi connectivity index (χ2n) is 6.17. The maximum Gasteiger partial charge on any atom is 0.497 e. The average molecular weight is 319 g/mol. The zero-order valence-electron chi connectivity index (χ0n) is 15.1. The van der Waals surface area contributed by atoms with Crippen LogP contribution in [0, 0.1) is 0 Å². The molecule has 0 aliphatic heterocycles. The molecule has 0 bridgehead atoms. The van der Waals surface area contributed by atoms with E-state index in [1.165, 1.54) is 64.2 Å². The summed E-state index contributed by atoms with van der Waals surface area (Å²) in [6, 6.07) is 0. The highest BCUT2D eigenvalue weighted by Gasteiger charge is 2.33. The molecule has 0 amide bonds. The summed E-state index contributed by atoms with van der Waals surface area (Å²) in [7, 11) is 0.981. The van der Waals surface area contributed by atoms with Gasteiger partial charge in [-0.2, -0.15) is 0 Å². The van der Waals surface area contributed by atoms with Gasteiger partial charge in [0.1, 0.15) is 0 Å². The van der Waals surface area contributed by atoms with Gasteiger partial charge in [0, 0.05) is 26.9 Å². The molecule has 0 radical (unpaired) electrons. The van der Waals surface area contributed by atoms with Crippen molar-refractivity contribution >= 4 is 8.80 Å². The van der Waals surface area contributed by atoms with E-state index in [1.54, 1.807) is 14.2 Å².